The summed E-state index contributed by atoms with van der Waals surface area (Å²) in [6.07, 6.45) is 7.80. The molecule has 1 N–H and O–H groups in total. The van der Waals surface area contributed by atoms with Gasteiger partial charge in [-0.3, -0.25) is 4.90 Å². The summed E-state index contributed by atoms with van der Waals surface area (Å²) in [4.78, 5) is 19.5. The molecule has 2 aromatic heterocycles. The lowest BCUT2D eigenvalue weighted by molar-refractivity contribution is 0.252. The number of halogens is 1. The van der Waals surface area contributed by atoms with E-state index < -0.39 is 5.82 Å². The molecule has 1 aromatic carbocycles. The van der Waals surface area contributed by atoms with Crippen LogP contribution < -0.4 is 4.90 Å². The van der Waals surface area contributed by atoms with E-state index in [9.17, 15) is 4.39 Å². The third-order valence-corrected chi connectivity index (χ3v) is 5.31. The number of rotatable bonds is 6. The van der Waals surface area contributed by atoms with Gasteiger partial charge in [0.2, 0.25) is 5.95 Å². The molecule has 0 saturated carbocycles. The second-order valence-electron chi connectivity index (χ2n) is 7.14. The molecule has 3 heterocycles. The minimum absolute atomic E-state index is 0.400. The van der Waals surface area contributed by atoms with Crippen molar-refractivity contribution in [1.29, 1.82) is 0 Å². The van der Waals surface area contributed by atoms with Crippen molar-refractivity contribution in [3.8, 4) is 0 Å². The quantitative estimate of drug-likeness (QED) is 0.524. The van der Waals surface area contributed by atoms with E-state index in [1.54, 1.807) is 0 Å². The number of nitrogens with zero attached hydrogens (tertiary/aromatic N) is 5. The highest BCUT2D eigenvalue weighted by atomic mass is 19.1. The summed E-state index contributed by atoms with van der Waals surface area (Å²) in [6, 6.07) is 5.81. The summed E-state index contributed by atoms with van der Waals surface area (Å²) in [7, 11) is 0. The molecule has 144 valence electrons. The monoisotopic (exact) mass is 378 g/mol. The van der Waals surface area contributed by atoms with Gasteiger partial charge < -0.3 is 9.88 Å². The maximum absolute atomic E-state index is 12.9. The van der Waals surface area contributed by atoms with Crippen LogP contribution in [0.3, 0.4) is 0 Å². The van der Waals surface area contributed by atoms with Crippen molar-refractivity contribution in [2.24, 2.45) is 0 Å². The number of aromatic amines is 1. The van der Waals surface area contributed by atoms with E-state index in [0.29, 0.717) is 11.6 Å². The number of hydrogen-bond acceptors (Lipinski definition) is 4. The second-order valence-corrected chi connectivity index (χ2v) is 7.14. The van der Waals surface area contributed by atoms with E-state index in [1.165, 1.54) is 23.3 Å². The SMILES string of the molecule is [C-]#[N+]c1ccc2[nH]cc(CCCCN3CCN(c4ncc(F)cn4)CC3)c2c1. The van der Waals surface area contributed by atoms with Gasteiger partial charge >= 0.3 is 0 Å². The highest BCUT2D eigenvalue weighted by Gasteiger charge is 2.18. The summed E-state index contributed by atoms with van der Waals surface area (Å²) in [5.74, 6) is 0.210. The molecule has 7 heteroatoms. The third kappa shape index (κ3) is 4.12. The molecule has 28 heavy (non-hydrogen) atoms. The largest absolute Gasteiger partial charge is 0.361 e. The molecule has 6 nitrogen and oxygen atoms in total. The zero-order chi connectivity index (χ0) is 19.3. The number of benzene rings is 1. The van der Waals surface area contributed by atoms with E-state index >= 15 is 0 Å². The number of fused-ring (bicyclic) bond motifs is 1. The molecule has 1 saturated heterocycles. The topological polar surface area (TPSA) is 52.4 Å². The fraction of sp³-hybridized carbons (Fsp3) is 0.381. The van der Waals surface area contributed by atoms with Gasteiger partial charge in [-0.25, -0.2) is 19.2 Å². The van der Waals surface area contributed by atoms with Gasteiger partial charge in [-0.05, 0) is 48.9 Å². The van der Waals surface area contributed by atoms with Gasteiger partial charge in [0.1, 0.15) is 0 Å². The molecule has 0 spiro atoms. The van der Waals surface area contributed by atoms with Gasteiger partial charge in [0.15, 0.2) is 11.5 Å². The summed E-state index contributed by atoms with van der Waals surface area (Å²) in [6.45, 7) is 11.9. The van der Waals surface area contributed by atoms with E-state index in [1.807, 2.05) is 18.2 Å². The number of anilines is 1. The predicted molar refractivity (Wildman–Crippen MR) is 108 cm³/mol. The van der Waals surface area contributed by atoms with Gasteiger partial charge in [-0.2, -0.15) is 0 Å². The maximum Gasteiger partial charge on any atom is 0.225 e. The van der Waals surface area contributed by atoms with Crippen LogP contribution in [0.1, 0.15) is 18.4 Å². The number of H-pyrrole nitrogens is 1. The number of unbranched alkanes of at least 4 members (excludes halogenated alkanes) is 1. The standard InChI is InChI=1S/C21H23FN6/c1-23-18-5-6-20-19(12-18)16(13-24-20)4-2-3-7-27-8-10-28(11-9-27)21-25-14-17(22)15-26-21/h5-6,12-15,24H,2-4,7-11H2. The second kappa shape index (κ2) is 8.36. The first-order valence-corrected chi connectivity index (χ1v) is 9.65. The fourth-order valence-corrected chi connectivity index (χ4v) is 3.73. The van der Waals surface area contributed by atoms with Crippen molar-refractivity contribution in [3.63, 3.8) is 0 Å². The van der Waals surface area contributed by atoms with Crippen LogP contribution >= 0.6 is 0 Å². The number of nitrogens with one attached hydrogen (secondary N) is 1. The zero-order valence-electron chi connectivity index (χ0n) is 15.7. The van der Waals surface area contributed by atoms with Gasteiger partial charge in [-0.1, -0.05) is 6.07 Å². The molecule has 0 unspecified atom stereocenters. The maximum atomic E-state index is 12.9. The molecule has 1 aliphatic rings. The average molecular weight is 378 g/mol. The third-order valence-electron chi connectivity index (χ3n) is 5.31. The molecule has 1 aliphatic heterocycles. The average Bonchev–Trinajstić information content (AvgIpc) is 3.14. The Labute approximate surface area is 163 Å². The summed E-state index contributed by atoms with van der Waals surface area (Å²) in [5.41, 5.74) is 3.08. The van der Waals surface area contributed by atoms with Crippen molar-refractivity contribution < 1.29 is 4.39 Å². The van der Waals surface area contributed by atoms with E-state index in [4.69, 9.17) is 6.57 Å². The van der Waals surface area contributed by atoms with Crippen LogP contribution in [0.2, 0.25) is 0 Å². The first-order chi connectivity index (χ1) is 13.7. The molecule has 0 bridgehead atoms. The Morgan fingerprint density at radius 3 is 2.64 bits per heavy atom. The van der Waals surface area contributed by atoms with Gasteiger partial charge in [0.05, 0.1) is 19.0 Å². The Kier molecular flexibility index (Phi) is 5.49. The first kappa shape index (κ1) is 18.4. The molecule has 0 aliphatic carbocycles. The Morgan fingerprint density at radius 2 is 1.89 bits per heavy atom. The minimum atomic E-state index is -0.400. The van der Waals surface area contributed by atoms with Gasteiger partial charge in [0.25, 0.3) is 0 Å². The van der Waals surface area contributed by atoms with Crippen molar-refractivity contribution in [3.05, 3.63) is 59.6 Å². The van der Waals surface area contributed by atoms with Crippen LogP contribution in [0.15, 0.2) is 36.8 Å². The number of piperazine rings is 1. The Hall–Kier alpha value is -2.98. The van der Waals surface area contributed by atoms with Gasteiger partial charge in [-0.15, -0.1) is 0 Å². The molecule has 1 fully saturated rings. The Balaban J connectivity index is 1.22. The molecule has 0 atom stereocenters. The Bertz CT molecular complexity index is 967. The number of hydrogen-bond donors (Lipinski definition) is 1. The zero-order valence-corrected chi connectivity index (χ0v) is 15.7. The van der Waals surface area contributed by atoms with E-state index in [0.717, 1.165) is 57.5 Å². The smallest absolute Gasteiger partial charge is 0.225 e. The van der Waals surface area contributed by atoms with Gasteiger partial charge in [0, 0.05) is 37.9 Å². The number of aryl methyl sites for hydroxylation is 1. The van der Waals surface area contributed by atoms with Crippen molar-refractivity contribution >= 4 is 22.5 Å². The normalized spacial score (nSPS) is 15.1. The fourth-order valence-electron chi connectivity index (χ4n) is 3.73. The van der Waals surface area contributed by atoms with E-state index in [2.05, 4.69) is 35.8 Å². The lowest BCUT2D eigenvalue weighted by Crippen LogP contribution is -2.47. The molecule has 4 rings (SSSR count). The highest BCUT2D eigenvalue weighted by molar-refractivity contribution is 5.86. The van der Waals surface area contributed by atoms with Crippen molar-refractivity contribution in [2.45, 2.75) is 19.3 Å². The molecule has 3 aromatic rings. The molecule has 0 radical (unpaired) electrons. The van der Waals surface area contributed by atoms with Crippen LogP contribution in [0, 0.1) is 12.4 Å². The van der Waals surface area contributed by atoms with Crippen molar-refractivity contribution in [1.82, 2.24) is 19.9 Å². The lowest BCUT2D eigenvalue weighted by Gasteiger charge is -2.34. The van der Waals surface area contributed by atoms with Crippen LogP contribution in [-0.4, -0.2) is 52.6 Å². The Morgan fingerprint density at radius 1 is 1.11 bits per heavy atom. The highest BCUT2D eigenvalue weighted by Crippen LogP contribution is 2.25. The van der Waals surface area contributed by atoms with E-state index in [-0.39, 0.29) is 0 Å². The lowest BCUT2D eigenvalue weighted by atomic mass is 10.1. The van der Waals surface area contributed by atoms with Crippen LogP contribution in [0.4, 0.5) is 16.0 Å². The van der Waals surface area contributed by atoms with Crippen LogP contribution in [0.25, 0.3) is 15.7 Å². The van der Waals surface area contributed by atoms with Crippen LogP contribution in [-0.2, 0) is 6.42 Å². The summed E-state index contributed by atoms with van der Waals surface area (Å²) >= 11 is 0. The molecular weight excluding hydrogens is 355 g/mol. The molecule has 0 amide bonds. The predicted octanol–water partition coefficient (Wildman–Crippen LogP) is 3.79. The number of aromatic nitrogens is 3. The summed E-state index contributed by atoms with van der Waals surface area (Å²) in [5, 5.41) is 1.17. The summed E-state index contributed by atoms with van der Waals surface area (Å²) < 4.78 is 12.9. The first-order valence-electron chi connectivity index (χ1n) is 9.65. The van der Waals surface area contributed by atoms with Crippen molar-refractivity contribution in [2.75, 3.05) is 37.6 Å². The minimum Gasteiger partial charge on any atom is -0.361 e. The van der Waals surface area contributed by atoms with Crippen LogP contribution in [0.5, 0.6) is 0 Å². The molecular formula is C21H23FN6.